The largest absolute Gasteiger partial charge is 0.493 e. The van der Waals surface area contributed by atoms with Crippen molar-refractivity contribution in [2.75, 3.05) is 7.11 Å². The predicted octanol–water partition coefficient (Wildman–Crippen LogP) is 4.78. The topological polar surface area (TPSA) is 99.9 Å². The number of rotatable bonds is 11. The lowest BCUT2D eigenvalue weighted by atomic mass is 10.0. The van der Waals surface area contributed by atoms with Crippen LogP contribution >= 0.6 is 0 Å². The minimum atomic E-state index is -0.677. The number of aromatic nitrogens is 1. The molecular weight excluding hydrogens is 436 g/mol. The average molecular weight is 463 g/mol. The van der Waals surface area contributed by atoms with Crippen molar-refractivity contribution in [2.45, 2.75) is 38.4 Å². The van der Waals surface area contributed by atoms with E-state index in [9.17, 15) is 9.59 Å². The minimum Gasteiger partial charge on any atom is -0.493 e. The van der Waals surface area contributed by atoms with Gasteiger partial charge in [-0.3, -0.25) is 10.1 Å². The van der Waals surface area contributed by atoms with E-state index in [1.54, 1.807) is 13.4 Å². The van der Waals surface area contributed by atoms with Gasteiger partial charge in [-0.1, -0.05) is 36.4 Å². The zero-order valence-electron chi connectivity index (χ0n) is 18.9. The number of amides is 2. The van der Waals surface area contributed by atoms with Crippen molar-refractivity contribution >= 4 is 24.2 Å². The standard InChI is InChI=1S/C26H26N2O6/c1-31-23-15-19(9-5-6-10-22-25(29)28-26(30)34-22)11-13-21(23)32-16-20-17-33-24(27-20)14-12-18-7-3-2-4-8-18/h2-4,7-8,11-15,17,22H,5-6,9-10,16H2,1H3,(H,28,29,30)/b14-12+. The van der Waals surface area contributed by atoms with Crippen molar-refractivity contribution < 1.29 is 28.2 Å². The molecule has 1 fully saturated rings. The van der Waals surface area contributed by atoms with Gasteiger partial charge in [0.2, 0.25) is 5.89 Å². The molecule has 2 aromatic carbocycles. The van der Waals surface area contributed by atoms with Gasteiger partial charge < -0.3 is 18.6 Å². The third-order valence-electron chi connectivity index (χ3n) is 5.34. The molecule has 3 aromatic rings. The smallest absolute Gasteiger partial charge is 0.414 e. The van der Waals surface area contributed by atoms with Crippen LogP contribution in [0, 0.1) is 0 Å². The number of carbonyl (C=O) groups is 2. The van der Waals surface area contributed by atoms with Crippen molar-refractivity contribution in [3.8, 4) is 11.5 Å². The first-order chi connectivity index (χ1) is 16.6. The minimum absolute atomic E-state index is 0.251. The summed E-state index contributed by atoms with van der Waals surface area (Å²) in [6.45, 7) is 0.251. The molecule has 4 rings (SSSR count). The fourth-order valence-corrected chi connectivity index (χ4v) is 3.58. The monoisotopic (exact) mass is 462 g/mol. The molecule has 1 aromatic heterocycles. The van der Waals surface area contributed by atoms with E-state index in [2.05, 4.69) is 10.3 Å². The Morgan fingerprint density at radius 3 is 2.68 bits per heavy atom. The maximum absolute atomic E-state index is 11.5. The lowest BCUT2D eigenvalue weighted by Gasteiger charge is -2.12. The molecule has 8 nitrogen and oxygen atoms in total. The molecule has 176 valence electrons. The summed E-state index contributed by atoms with van der Waals surface area (Å²) in [5, 5.41) is 2.14. The van der Waals surface area contributed by atoms with E-state index in [-0.39, 0.29) is 12.5 Å². The Kier molecular flexibility index (Phi) is 7.60. The summed E-state index contributed by atoms with van der Waals surface area (Å²) >= 11 is 0. The Morgan fingerprint density at radius 1 is 1.06 bits per heavy atom. The summed E-state index contributed by atoms with van der Waals surface area (Å²) in [6.07, 6.45) is 6.92. The molecule has 2 heterocycles. The number of nitrogens with zero attached hydrogens (tertiary/aromatic N) is 1. The van der Waals surface area contributed by atoms with Gasteiger partial charge in [0.25, 0.3) is 5.91 Å². The van der Waals surface area contributed by atoms with Crippen LogP contribution in [0.3, 0.4) is 0 Å². The Labute approximate surface area is 197 Å². The lowest BCUT2D eigenvalue weighted by Crippen LogP contribution is -2.24. The van der Waals surface area contributed by atoms with Crippen LogP contribution < -0.4 is 14.8 Å². The summed E-state index contributed by atoms with van der Waals surface area (Å²) in [5.74, 6) is 1.40. The summed E-state index contributed by atoms with van der Waals surface area (Å²) in [7, 11) is 1.60. The van der Waals surface area contributed by atoms with Crippen LogP contribution in [0.25, 0.3) is 12.2 Å². The quantitative estimate of drug-likeness (QED) is 0.409. The number of carbonyl (C=O) groups excluding carboxylic acids is 2. The molecule has 0 aliphatic carbocycles. The third-order valence-corrected chi connectivity index (χ3v) is 5.34. The molecule has 34 heavy (non-hydrogen) atoms. The number of nitrogens with one attached hydrogen (secondary N) is 1. The number of unbranched alkanes of at least 4 members (excludes halogenated alkanes) is 1. The van der Waals surface area contributed by atoms with Gasteiger partial charge in [0, 0.05) is 6.08 Å². The number of hydrogen-bond acceptors (Lipinski definition) is 7. The molecule has 0 radical (unpaired) electrons. The van der Waals surface area contributed by atoms with Crippen molar-refractivity contribution in [3.05, 3.63) is 77.5 Å². The van der Waals surface area contributed by atoms with Crippen LogP contribution in [-0.2, 0) is 22.6 Å². The second kappa shape index (κ2) is 11.2. The summed E-state index contributed by atoms with van der Waals surface area (Å²) < 4.78 is 21.8. The average Bonchev–Trinajstić information content (AvgIpc) is 3.45. The number of aryl methyl sites for hydroxylation is 1. The molecular formula is C26H26N2O6. The molecule has 8 heteroatoms. The van der Waals surface area contributed by atoms with Crippen LogP contribution in [0.15, 0.2) is 59.2 Å². The van der Waals surface area contributed by atoms with E-state index in [4.69, 9.17) is 18.6 Å². The van der Waals surface area contributed by atoms with E-state index in [0.29, 0.717) is 29.5 Å². The van der Waals surface area contributed by atoms with Crippen molar-refractivity contribution in [1.29, 1.82) is 0 Å². The number of benzene rings is 2. The van der Waals surface area contributed by atoms with Gasteiger partial charge in [0.1, 0.15) is 18.6 Å². The van der Waals surface area contributed by atoms with Crippen LogP contribution in [0.4, 0.5) is 4.79 Å². The van der Waals surface area contributed by atoms with E-state index in [1.807, 2.05) is 60.7 Å². The zero-order chi connectivity index (χ0) is 23.8. The van der Waals surface area contributed by atoms with Gasteiger partial charge in [0.15, 0.2) is 17.6 Å². The van der Waals surface area contributed by atoms with Gasteiger partial charge in [-0.05, 0) is 55.0 Å². The first-order valence-corrected chi connectivity index (χ1v) is 11.1. The predicted molar refractivity (Wildman–Crippen MR) is 125 cm³/mol. The number of cyclic esters (lactones) is 1. The highest BCUT2D eigenvalue weighted by atomic mass is 16.6. The Morgan fingerprint density at radius 2 is 1.91 bits per heavy atom. The number of hydrogen-bond donors (Lipinski definition) is 1. The number of imide groups is 1. The summed E-state index contributed by atoms with van der Waals surface area (Å²) in [5.41, 5.74) is 2.83. The Bertz CT molecular complexity index is 1160. The van der Waals surface area contributed by atoms with Gasteiger partial charge in [-0.15, -0.1) is 0 Å². The number of alkyl carbamates (subject to hydrolysis) is 1. The fraction of sp³-hybridized carbons (Fsp3) is 0.269. The first-order valence-electron chi connectivity index (χ1n) is 11.1. The highest BCUT2D eigenvalue weighted by Crippen LogP contribution is 2.29. The molecule has 2 amide bonds. The van der Waals surface area contributed by atoms with Crippen LogP contribution in [-0.4, -0.2) is 30.2 Å². The SMILES string of the molecule is COc1cc(CCCCC2OC(=O)NC2=O)ccc1OCc1coc(/C=C/c2ccccc2)n1. The van der Waals surface area contributed by atoms with Gasteiger partial charge in [-0.2, -0.15) is 0 Å². The zero-order valence-corrected chi connectivity index (χ0v) is 18.9. The highest BCUT2D eigenvalue weighted by Gasteiger charge is 2.31. The van der Waals surface area contributed by atoms with Crippen LogP contribution in [0.2, 0.25) is 0 Å². The number of ether oxygens (including phenoxy) is 3. The molecule has 1 aliphatic rings. The number of methoxy groups -OCH3 is 1. The van der Waals surface area contributed by atoms with Gasteiger partial charge in [-0.25, -0.2) is 9.78 Å². The van der Waals surface area contributed by atoms with Gasteiger partial charge >= 0.3 is 6.09 Å². The maximum atomic E-state index is 11.5. The maximum Gasteiger partial charge on any atom is 0.414 e. The van der Waals surface area contributed by atoms with E-state index in [1.165, 1.54) is 0 Å². The normalized spacial score (nSPS) is 15.4. The van der Waals surface area contributed by atoms with Gasteiger partial charge in [0.05, 0.1) is 7.11 Å². The van der Waals surface area contributed by atoms with Crippen molar-refractivity contribution in [1.82, 2.24) is 10.3 Å². The van der Waals surface area contributed by atoms with Crippen LogP contribution in [0.1, 0.15) is 42.0 Å². The van der Waals surface area contributed by atoms with E-state index >= 15 is 0 Å². The number of oxazole rings is 1. The van der Waals surface area contributed by atoms with Crippen LogP contribution in [0.5, 0.6) is 11.5 Å². The molecule has 0 spiro atoms. The highest BCUT2D eigenvalue weighted by molar-refractivity contribution is 5.99. The molecule has 1 atom stereocenters. The summed E-state index contributed by atoms with van der Waals surface area (Å²) in [4.78, 5) is 27.0. The third kappa shape index (κ3) is 6.25. The Balaban J connectivity index is 1.26. The second-order valence-electron chi connectivity index (χ2n) is 7.82. The van der Waals surface area contributed by atoms with Crippen molar-refractivity contribution in [2.24, 2.45) is 0 Å². The molecule has 1 saturated heterocycles. The molecule has 1 aliphatic heterocycles. The molecule has 0 saturated carbocycles. The Hall–Kier alpha value is -4.07. The van der Waals surface area contributed by atoms with Crippen molar-refractivity contribution in [3.63, 3.8) is 0 Å². The van der Waals surface area contributed by atoms with E-state index in [0.717, 1.165) is 30.4 Å². The molecule has 0 bridgehead atoms. The lowest BCUT2D eigenvalue weighted by molar-refractivity contribution is -0.123. The molecule has 1 N–H and O–H groups in total. The summed E-state index contributed by atoms with van der Waals surface area (Å²) in [6, 6.07) is 15.7. The first kappa shape index (κ1) is 23.1. The molecule has 1 unspecified atom stereocenters. The fourth-order valence-electron chi connectivity index (χ4n) is 3.58. The second-order valence-corrected chi connectivity index (χ2v) is 7.82. The van der Waals surface area contributed by atoms with E-state index < -0.39 is 12.2 Å².